The van der Waals surface area contributed by atoms with Crippen molar-refractivity contribution in [1.29, 1.82) is 0 Å². The molecule has 0 spiro atoms. The molecule has 19 heavy (non-hydrogen) atoms. The average Bonchev–Trinajstić information content (AvgIpc) is 2.64. The predicted octanol–water partition coefficient (Wildman–Crippen LogP) is 0.640. The molecule has 1 aliphatic rings. The molecule has 1 unspecified atom stereocenters. The standard InChI is InChI=1S/C12H17BrN4O2/c1-3-7-11(13)9(17(2)16-7)6-14-8-4-5-10(18)15-12(8)19/h8,14H,3-6H2,1-2H3,(H,15,18,19). The van der Waals surface area contributed by atoms with Gasteiger partial charge in [0.25, 0.3) is 0 Å². The number of nitrogens with zero attached hydrogens (tertiary/aromatic N) is 2. The third-order valence-corrected chi connectivity index (χ3v) is 4.17. The predicted molar refractivity (Wildman–Crippen MR) is 73.3 cm³/mol. The lowest BCUT2D eigenvalue weighted by atomic mass is 10.1. The smallest absolute Gasteiger partial charge is 0.243 e. The highest BCUT2D eigenvalue weighted by atomic mass is 79.9. The number of hydrogen-bond donors (Lipinski definition) is 2. The van der Waals surface area contributed by atoms with E-state index in [1.165, 1.54) is 0 Å². The van der Waals surface area contributed by atoms with E-state index in [2.05, 4.69) is 31.7 Å². The van der Waals surface area contributed by atoms with Gasteiger partial charge < -0.3 is 5.32 Å². The maximum absolute atomic E-state index is 11.6. The maximum Gasteiger partial charge on any atom is 0.243 e. The van der Waals surface area contributed by atoms with Crippen molar-refractivity contribution in [2.24, 2.45) is 7.05 Å². The van der Waals surface area contributed by atoms with Gasteiger partial charge in [0.1, 0.15) is 0 Å². The fraction of sp³-hybridized carbons (Fsp3) is 0.583. The van der Waals surface area contributed by atoms with Crippen molar-refractivity contribution >= 4 is 27.7 Å². The average molecular weight is 329 g/mol. The number of nitrogens with one attached hydrogen (secondary N) is 2. The number of hydrogen-bond acceptors (Lipinski definition) is 4. The normalized spacial score (nSPS) is 19.6. The second-order valence-corrected chi connectivity index (χ2v) is 5.36. The summed E-state index contributed by atoms with van der Waals surface area (Å²) >= 11 is 3.53. The molecule has 0 aliphatic carbocycles. The van der Waals surface area contributed by atoms with Gasteiger partial charge in [0, 0.05) is 20.0 Å². The summed E-state index contributed by atoms with van der Waals surface area (Å²) in [4.78, 5) is 22.7. The Hall–Kier alpha value is -1.21. The summed E-state index contributed by atoms with van der Waals surface area (Å²) in [5, 5.41) is 9.91. The van der Waals surface area contributed by atoms with Crippen LogP contribution in [0.25, 0.3) is 0 Å². The molecule has 1 saturated heterocycles. The number of aryl methyl sites for hydroxylation is 2. The first-order valence-corrected chi connectivity index (χ1v) is 7.09. The molecule has 0 aromatic carbocycles. The van der Waals surface area contributed by atoms with E-state index in [0.717, 1.165) is 22.3 Å². The van der Waals surface area contributed by atoms with Crippen molar-refractivity contribution in [3.8, 4) is 0 Å². The Morgan fingerprint density at radius 3 is 2.84 bits per heavy atom. The highest BCUT2D eigenvalue weighted by Gasteiger charge is 2.26. The van der Waals surface area contributed by atoms with Crippen molar-refractivity contribution in [3.63, 3.8) is 0 Å². The van der Waals surface area contributed by atoms with Crippen molar-refractivity contribution in [2.45, 2.75) is 38.8 Å². The van der Waals surface area contributed by atoms with Crippen LogP contribution in [0.5, 0.6) is 0 Å². The topological polar surface area (TPSA) is 76.0 Å². The fourth-order valence-corrected chi connectivity index (χ4v) is 2.88. The first-order valence-electron chi connectivity index (χ1n) is 6.30. The molecule has 6 nitrogen and oxygen atoms in total. The third kappa shape index (κ3) is 3.03. The summed E-state index contributed by atoms with van der Waals surface area (Å²) in [6, 6.07) is -0.315. The van der Waals surface area contributed by atoms with Crippen LogP contribution < -0.4 is 10.6 Å². The minimum atomic E-state index is -0.315. The highest BCUT2D eigenvalue weighted by molar-refractivity contribution is 9.10. The van der Waals surface area contributed by atoms with Crippen LogP contribution in [0, 0.1) is 0 Å². The number of imide groups is 1. The molecule has 2 amide bonds. The fourth-order valence-electron chi connectivity index (χ4n) is 2.12. The van der Waals surface area contributed by atoms with Gasteiger partial charge in [-0.15, -0.1) is 0 Å². The number of carbonyl (C=O) groups excluding carboxylic acids is 2. The van der Waals surface area contributed by atoms with E-state index < -0.39 is 0 Å². The summed E-state index contributed by atoms with van der Waals surface area (Å²) < 4.78 is 2.79. The number of halogens is 1. The molecule has 1 aromatic heterocycles. The van der Waals surface area contributed by atoms with Crippen LogP contribution in [-0.2, 0) is 29.6 Å². The van der Waals surface area contributed by atoms with Crippen LogP contribution in [0.15, 0.2) is 4.47 Å². The number of piperidine rings is 1. The van der Waals surface area contributed by atoms with Crippen LogP contribution in [0.3, 0.4) is 0 Å². The van der Waals surface area contributed by atoms with E-state index in [1.54, 1.807) is 0 Å². The number of rotatable bonds is 4. The monoisotopic (exact) mass is 328 g/mol. The van der Waals surface area contributed by atoms with E-state index in [1.807, 2.05) is 18.7 Å². The van der Waals surface area contributed by atoms with Gasteiger partial charge in [-0.05, 0) is 28.8 Å². The Balaban J connectivity index is 2.01. The molecule has 1 aliphatic heterocycles. The van der Waals surface area contributed by atoms with Crippen LogP contribution in [0.4, 0.5) is 0 Å². The van der Waals surface area contributed by atoms with Gasteiger partial charge in [-0.1, -0.05) is 6.92 Å². The third-order valence-electron chi connectivity index (χ3n) is 3.26. The molecule has 2 rings (SSSR count). The van der Waals surface area contributed by atoms with Gasteiger partial charge in [0.15, 0.2) is 0 Å². The van der Waals surface area contributed by atoms with Crippen molar-refractivity contribution < 1.29 is 9.59 Å². The summed E-state index contributed by atoms with van der Waals surface area (Å²) in [6.45, 7) is 2.58. The second kappa shape index (κ2) is 5.83. The number of amides is 2. The molecule has 0 bridgehead atoms. The van der Waals surface area contributed by atoms with Crippen LogP contribution in [-0.4, -0.2) is 27.6 Å². The van der Waals surface area contributed by atoms with Gasteiger partial charge in [0.05, 0.1) is 21.9 Å². The first-order chi connectivity index (χ1) is 9.02. The maximum atomic E-state index is 11.6. The number of aromatic nitrogens is 2. The molecule has 104 valence electrons. The van der Waals surface area contributed by atoms with E-state index in [4.69, 9.17) is 0 Å². The first kappa shape index (κ1) is 14.2. The molecule has 1 atom stereocenters. The zero-order valence-corrected chi connectivity index (χ0v) is 12.6. The van der Waals surface area contributed by atoms with Gasteiger partial charge >= 0.3 is 0 Å². The van der Waals surface area contributed by atoms with E-state index in [0.29, 0.717) is 19.4 Å². The molecular weight excluding hydrogens is 312 g/mol. The zero-order valence-electron chi connectivity index (χ0n) is 11.0. The molecule has 0 radical (unpaired) electrons. The Labute approximate surface area is 120 Å². The lowest BCUT2D eigenvalue weighted by Gasteiger charge is -2.21. The quantitative estimate of drug-likeness (QED) is 0.795. The Morgan fingerprint density at radius 2 is 2.26 bits per heavy atom. The molecular formula is C12H17BrN4O2. The van der Waals surface area contributed by atoms with Crippen LogP contribution in [0.2, 0.25) is 0 Å². The Kier molecular flexibility index (Phi) is 4.36. The Morgan fingerprint density at radius 1 is 1.53 bits per heavy atom. The van der Waals surface area contributed by atoms with Gasteiger partial charge in [-0.2, -0.15) is 5.10 Å². The van der Waals surface area contributed by atoms with Gasteiger partial charge in [-0.25, -0.2) is 0 Å². The van der Waals surface area contributed by atoms with Crippen molar-refractivity contribution in [3.05, 3.63) is 15.9 Å². The van der Waals surface area contributed by atoms with E-state index >= 15 is 0 Å². The Bertz CT molecular complexity index is 512. The molecule has 1 fully saturated rings. The van der Waals surface area contributed by atoms with Crippen LogP contribution >= 0.6 is 15.9 Å². The molecule has 2 N–H and O–H groups in total. The van der Waals surface area contributed by atoms with Crippen LogP contribution in [0.1, 0.15) is 31.2 Å². The number of carbonyl (C=O) groups is 2. The summed E-state index contributed by atoms with van der Waals surface area (Å²) in [5.41, 5.74) is 2.00. The molecule has 2 heterocycles. The van der Waals surface area contributed by atoms with Gasteiger partial charge in [0.2, 0.25) is 11.8 Å². The van der Waals surface area contributed by atoms with Gasteiger partial charge in [-0.3, -0.25) is 19.6 Å². The summed E-state index contributed by atoms with van der Waals surface area (Å²) in [5.74, 6) is -0.441. The minimum Gasteiger partial charge on any atom is -0.300 e. The summed E-state index contributed by atoms with van der Waals surface area (Å²) in [7, 11) is 1.88. The van der Waals surface area contributed by atoms with E-state index in [-0.39, 0.29) is 17.9 Å². The highest BCUT2D eigenvalue weighted by Crippen LogP contribution is 2.21. The second-order valence-electron chi connectivity index (χ2n) is 4.57. The lowest BCUT2D eigenvalue weighted by Crippen LogP contribution is -2.50. The summed E-state index contributed by atoms with van der Waals surface area (Å²) in [6.07, 6.45) is 1.78. The molecule has 0 saturated carbocycles. The van der Waals surface area contributed by atoms with Crippen molar-refractivity contribution in [2.75, 3.05) is 0 Å². The zero-order chi connectivity index (χ0) is 14.0. The molecule has 7 heteroatoms. The lowest BCUT2D eigenvalue weighted by molar-refractivity contribution is -0.134. The molecule has 1 aromatic rings. The minimum absolute atomic E-state index is 0.196. The van der Waals surface area contributed by atoms with E-state index in [9.17, 15) is 9.59 Å². The SMILES string of the molecule is CCc1nn(C)c(CNC2CCC(=O)NC2=O)c1Br. The largest absolute Gasteiger partial charge is 0.300 e. The van der Waals surface area contributed by atoms with Crippen molar-refractivity contribution in [1.82, 2.24) is 20.4 Å².